The van der Waals surface area contributed by atoms with Crippen LogP contribution in [0.5, 0.6) is 5.75 Å². The quantitative estimate of drug-likeness (QED) is 0.662. The molecule has 0 saturated carbocycles. The second-order valence-electron chi connectivity index (χ2n) is 8.69. The third-order valence-electron chi connectivity index (χ3n) is 5.29. The Morgan fingerprint density at radius 3 is 2.81 bits per heavy atom. The summed E-state index contributed by atoms with van der Waals surface area (Å²) in [5.74, 6) is 1.51. The highest BCUT2D eigenvalue weighted by Gasteiger charge is 2.32. The first-order valence-corrected chi connectivity index (χ1v) is 10.6. The van der Waals surface area contributed by atoms with Crippen LogP contribution in [0.3, 0.4) is 0 Å². The number of amides is 1. The Bertz CT molecular complexity index is 1070. The van der Waals surface area contributed by atoms with E-state index >= 15 is 0 Å². The molecule has 2 aromatic heterocycles. The van der Waals surface area contributed by atoms with Crippen molar-refractivity contribution in [3.8, 4) is 16.9 Å². The van der Waals surface area contributed by atoms with Gasteiger partial charge in [0.15, 0.2) is 5.65 Å². The molecule has 0 bridgehead atoms. The van der Waals surface area contributed by atoms with Gasteiger partial charge < -0.3 is 19.7 Å². The van der Waals surface area contributed by atoms with Gasteiger partial charge >= 0.3 is 6.09 Å². The Kier molecular flexibility index (Phi) is 5.71. The van der Waals surface area contributed by atoms with Gasteiger partial charge in [-0.15, -0.1) is 0 Å². The second kappa shape index (κ2) is 8.45. The predicted octanol–water partition coefficient (Wildman–Crippen LogP) is 4.22. The van der Waals surface area contributed by atoms with Crippen LogP contribution >= 0.6 is 0 Å². The smallest absolute Gasteiger partial charge is 0.410 e. The van der Waals surface area contributed by atoms with Crippen molar-refractivity contribution in [1.29, 1.82) is 0 Å². The zero-order valence-electron chi connectivity index (χ0n) is 18.5. The van der Waals surface area contributed by atoms with Gasteiger partial charge in [0.05, 0.1) is 24.9 Å². The fourth-order valence-electron chi connectivity index (χ4n) is 3.86. The fraction of sp³-hybridized carbons (Fsp3) is 0.435. The summed E-state index contributed by atoms with van der Waals surface area (Å²) in [6.45, 7) is 6.99. The van der Waals surface area contributed by atoms with Crippen LogP contribution in [-0.4, -0.2) is 57.4 Å². The van der Waals surface area contributed by atoms with E-state index in [1.807, 2.05) is 62.2 Å². The van der Waals surface area contributed by atoms with E-state index in [9.17, 15) is 4.79 Å². The van der Waals surface area contributed by atoms with Crippen LogP contribution in [-0.2, 0) is 4.74 Å². The lowest BCUT2D eigenvalue weighted by Crippen LogP contribution is -2.42. The summed E-state index contributed by atoms with van der Waals surface area (Å²) in [5.41, 5.74) is 2.08. The number of carbonyl (C=O) groups excluding carboxylic acids is 1. The Labute approximate surface area is 182 Å². The highest BCUT2D eigenvalue weighted by molar-refractivity contribution is 5.81. The third-order valence-corrected chi connectivity index (χ3v) is 5.29. The van der Waals surface area contributed by atoms with Gasteiger partial charge in [0.2, 0.25) is 0 Å². The van der Waals surface area contributed by atoms with Gasteiger partial charge in [-0.1, -0.05) is 18.2 Å². The maximum atomic E-state index is 12.5. The number of rotatable bonds is 5. The molecule has 1 fully saturated rings. The Morgan fingerprint density at radius 2 is 2.03 bits per heavy atom. The van der Waals surface area contributed by atoms with Gasteiger partial charge in [-0.05, 0) is 45.7 Å². The molecule has 1 amide bonds. The third kappa shape index (κ3) is 4.57. The SMILES string of the molecule is COc1ccccc1-c1cnn2ccc(NCC3CCCN3C(=O)OC(C)(C)C)nc12. The molecule has 31 heavy (non-hydrogen) atoms. The number of methoxy groups -OCH3 is 1. The molecule has 8 nitrogen and oxygen atoms in total. The molecular formula is C23H29N5O3. The summed E-state index contributed by atoms with van der Waals surface area (Å²) < 4.78 is 12.8. The average molecular weight is 424 g/mol. The Morgan fingerprint density at radius 1 is 1.23 bits per heavy atom. The zero-order chi connectivity index (χ0) is 22.0. The number of anilines is 1. The van der Waals surface area contributed by atoms with Crippen molar-refractivity contribution in [2.24, 2.45) is 0 Å². The number of para-hydroxylation sites is 1. The van der Waals surface area contributed by atoms with Crippen molar-refractivity contribution < 1.29 is 14.3 Å². The summed E-state index contributed by atoms with van der Waals surface area (Å²) in [6, 6.07) is 9.78. The first-order valence-electron chi connectivity index (χ1n) is 10.6. The molecule has 164 valence electrons. The van der Waals surface area contributed by atoms with Crippen molar-refractivity contribution >= 4 is 17.6 Å². The van der Waals surface area contributed by atoms with Crippen LogP contribution in [0.1, 0.15) is 33.6 Å². The van der Waals surface area contributed by atoms with Crippen LogP contribution in [0.4, 0.5) is 10.6 Å². The second-order valence-corrected chi connectivity index (χ2v) is 8.69. The average Bonchev–Trinajstić information content (AvgIpc) is 3.37. The largest absolute Gasteiger partial charge is 0.496 e. The number of fused-ring (bicyclic) bond motifs is 1. The summed E-state index contributed by atoms with van der Waals surface area (Å²) in [7, 11) is 1.66. The molecule has 0 radical (unpaired) electrons. The van der Waals surface area contributed by atoms with Gasteiger partial charge in [0.25, 0.3) is 0 Å². The van der Waals surface area contributed by atoms with Crippen LogP contribution in [0, 0.1) is 0 Å². The molecule has 8 heteroatoms. The van der Waals surface area contributed by atoms with Gasteiger partial charge in [-0.2, -0.15) is 5.10 Å². The Hall–Kier alpha value is -3.29. The van der Waals surface area contributed by atoms with Crippen LogP contribution in [0.15, 0.2) is 42.7 Å². The lowest BCUT2D eigenvalue weighted by Gasteiger charge is -2.28. The number of benzene rings is 1. The topological polar surface area (TPSA) is 81.0 Å². The van der Waals surface area contributed by atoms with E-state index in [1.165, 1.54) is 0 Å². The van der Waals surface area contributed by atoms with E-state index < -0.39 is 5.60 Å². The van der Waals surface area contributed by atoms with Crippen molar-refractivity contribution in [2.45, 2.75) is 45.3 Å². The first kappa shape index (κ1) is 21.0. The summed E-state index contributed by atoms with van der Waals surface area (Å²) in [4.78, 5) is 19.1. The molecule has 0 spiro atoms. The number of aromatic nitrogens is 3. The molecule has 1 unspecified atom stereocenters. The number of ether oxygens (including phenoxy) is 2. The van der Waals surface area contributed by atoms with Crippen LogP contribution in [0.2, 0.25) is 0 Å². The number of hydrogen-bond donors (Lipinski definition) is 1. The van der Waals surface area contributed by atoms with E-state index in [0.29, 0.717) is 13.1 Å². The number of carbonyl (C=O) groups is 1. The lowest BCUT2D eigenvalue weighted by molar-refractivity contribution is 0.0235. The van der Waals surface area contributed by atoms with E-state index in [1.54, 1.807) is 17.8 Å². The van der Waals surface area contributed by atoms with Crippen molar-refractivity contribution in [3.05, 3.63) is 42.7 Å². The highest BCUT2D eigenvalue weighted by Crippen LogP contribution is 2.32. The van der Waals surface area contributed by atoms with E-state index in [0.717, 1.165) is 41.2 Å². The number of nitrogens with zero attached hydrogens (tertiary/aromatic N) is 4. The standard InChI is InChI=1S/C23H29N5O3/c1-23(2,3)31-22(29)27-12-7-8-16(27)14-24-20-11-13-28-21(26-20)18(15-25-28)17-9-5-6-10-19(17)30-4/h5-6,9-11,13,15-16H,7-8,12,14H2,1-4H3,(H,24,26). The van der Waals surface area contributed by atoms with Gasteiger partial charge in [-0.25, -0.2) is 14.3 Å². The fourth-order valence-corrected chi connectivity index (χ4v) is 3.86. The van der Waals surface area contributed by atoms with Crippen molar-refractivity contribution in [1.82, 2.24) is 19.5 Å². The summed E-state index contributed by atoms with van der Waals surface area (Å²) in [6.07, 6.45) is 5.33. The van der Waals surface area contributed by atoms with Gasteiger partial charge in [-0.3, -0.25) is 0 Å². The molecule has 1 aliphatic rings. The molecular weight excluding hydrogens is 394 g/mol. The maximum absolute atomic E-state index is 12.5. The molecule has 3 aromatic rings. The minimum Gasteiger partial charge on any atom is -0.496 e. The molecule has 1 atom stereocenters. The Balaban J connectivity index is 1.51. The number of hydrogen-bond acceptors (Lipinski definition) is 6. The first-order chi connectivity index (χ1) is 14.9. The predicted molar refractivity (Wildman–Crippen MR) is 119 cm³/mol. The van der Waals surface area contributed by atoms with Gasteiger partial charge in [0.1, 0.15) is 17.2 Å². The normalized spacial score (nSPS) is 16.5. The molecule has 0 aliphatic carbocycles. The van der Waals surface area contributed by atoms with E-state index in [2.05, 4.69) is 10.4 Å². The lowest BCUT2D eigenvalue weighted by atomic mass is 10.1. The summed E-state index contributed by atoms with van der Waals surface area (Å²) in [5, 5.41) is 7.81. The van der Waals surface area contributed by atoms with Crippen LogP contribution < -0.4 is 10.1 Å². The molecule has 1 N–H and O–H groups in total. The monoisotopic (exact) mass is 423 g/mol. The molecule has 1 aliphatic heterocycles. The maximum Gasteiger partial charge on any atom is 0.410 e. The zero-order valence-corrected chi connectivity index (χ0v) is 18.5. The highest BCUT2D eigenvalue weighted by atomic mass is 16.6. The van der Waals surface area contributed by atoms with E-state index in [4.69, 9.17) is 14.5 Å². The van der Waals surface area contributed by atoms with E-state index in [-0.39, 0.29) is 12.1 Å². The molecule has 1 aromatic carbocycles. The number of nitrogens with one attached hydrogen (secondary N) is 1. The van der Waals surface area contributed by atoms with Crippen molar-refractivity contribution in [3.63, 3.8) is 0 Å². The molecule has 4 rings (SSSR count). The van der Waals surface area contributed by atoms with Crippen molar-refractivity contribution in [2.75, 3.05) is 25.5 Å². The minimum absolute atomic E-state index is 0.0754. The van der Waals surface area contributed by atoms with Gasteiger partial charge in [0, 0.05) is 24.8 Å². The molecule has 3 heterocycles. The molecule has 1 saturated heterocycles. The van der Waals surface area contributed by atoms with Crippen LogP contribution in [0.25, 0.3) is 16.8 Å². The summed E-state index contributed by atoms with van der Waals surface area (Å²) >= 11 is 0. The number of likely N-dealkylation sites (tertiary alicyclic amines) is 1. The minimum atomic E-state index is -0.499.